The quantitative estimate of drug-likeness (QED) is 0.250. The molecule has 1 atom stereocenters. The Balaban J connectivity index is 1.75. The molecule has 45 heavy (non-hydrogen) atoms. The maximum Gasteiger partial charge on any atom is 0.416 e. The summed E-state index contributed by atoms with van der Waals surface area (Å²) in [5.41, 5.74) is 1.10. The Morgan fingerprint density at radius 3 is 2.20 bits per heavy atom. The van der Waals surface area contributed by atoms with Gasteiger partial charge in [0.15, 0.2) is 0 Å². The first-order chi connectivity index (χ1) is 21.3. The van der Waals surface area contributed by atoms with Crippen LogP contribution in [0.3, 0.4) is 0 Å². The highest BCUT2D eigenvalue weighted by atomic mass is 32.2. The number of aryl methyl sites for hydroxylation is 2. The number of amides is 2. The van der Waals surface area contributed by atoms with Crippen molar-refractivity contribution < 1.29 is 31.2 Å². The molecule has 0 aromatic heterocycles. The normalized spacial score (nSPS) is 14.9. The van der Waals surface area contributed by atoms with Crippen molar-refractivity contribution in [2.45, 2.75) is 89.0 Å². The summed E-state index contributed by atoms with van der Waals surface area (Å²) in [6.45, 7) is 4.65. The van der Waals surface area contributed by atoms with Gasteiger partial charge in [-0.05, 0) is 69.0 Å². The Kier molecular flexibility index (Phi) is 11.0. The minimum absolute atomic E-state index is 0.0120. The zero-order valence-corrected chi connectivity index (χ0v) is 26.6. The summed E-state index contributed by atoms with van der Waals surface area (Å²) < 4.78 is 69.8. The van der Waals surface area contributed by atoms with E-state index in [9.17, 15) is 31.2 Å². The minimum Gasteiger partial charge on any atom is -0.352 e. The van der Waals surface area contributed by atoms with Crippen molar-refractivity contribution >= 4 is 27.5 Å². The molecular formula is C34H40F3N3O4S. The molecule has 0 unspecified atom stereocenters. The average molecular weight is 644 g/mol. The number of hydrogen-bond donors (Lipinski definition) is 1. The Hall–Kier alpha value is -3.86. The highest BCUT2D eigenvalue weighted by Gasteiger charge is 2.36. The predicted octanol–water partition coefficient (Wildman–Crippen LogP) is 6.77. The molecule has 1 N–H and O–H groups in total. The molecule has 0 bridgehead atoms. The third-order valence-electron chi connectivity index (χ3n) is 8.12. The van der Waals surface area contributed by atoms with E-state index in [0.29, 0.717) is 4.31 Å². The molecular weight excluding hydrogens is 603 g/mol. The number of alkyl halides is 3. The van der Waals surface area contributed by atoms with Gasteiger partial charge in [-0.2, -0.15) is 13.2 Å². The Morgan fingerprint density at radius 1 is 0.911 bits per heavy atom. The van der Waals surface area contributed by atoms with Gasteiger partial charge in [0.25, 0.3) is 10.0 Å². The number of carbonyl (C=O) groups is 2. The Labute approximate surface area is 263 Å². The first kappa shape index (κ1) is 34.0. The van der Waals surface area contributed by atoms with E-state index < -0.39 is 40.3 Å². The van der Waals surface area contributed by atoms with Crippen LogP contribution in [0.15, 0.2) is 77.7 Å². The smallest absolute Gasteiger partial charge is 0.352 e. The standard InChI is InChI=1S/C34H40F3N3O4S/c1-4-31(33(42)38-28-13-6-5-7-14-28)39(22-26-11-8-10-25(3)20-26)32(41)23-40(29-15-9-12-27(21-29)34(35,36)37)45(43,44)30-18-16-24(2)17-19-30/h8-12,15-21,28,31H,4-7,13-14,22-23H2,1-3H3,(H,38,42)/t31-/m0/s1. The molecule has 1 aliphatic carbocycles. The molecule has 7 nitrogen and oxygen atoms in total. The third kappa shape index (κ3) is 8.65. The first-order valence-corrected chi connectivity index (χ1v) is 16.7. The highest BCUT2D eigenvalue weighted by molar-refractivity contribution is 7.92. The summed E-state index contributed by atoms with van der Waals surface area (Å²) in [4.78, 5) is 29.1. The second kappa shape index (κ2) is 14.5. The lowest BCUT2D eigenvalue weighted by Gasteiger charge is -2.34. The summed E-state index contributed by atoms with van der Waals surface area (Å²) >= 11 is 0. The van der Waals surface area contributed by atoms with Crippen LogP contribution in [0.5, 0.6) is 0 Å². The van der Waals surface area contributed by atoms with Crippen LogP contribution in [0.1, 0.15) is 67.7 Å². The molecule has 4 rings (SSSR count). The number of benzene rings is 3. The third-order valence-corrected chi connectivity index (χ3v) is 9.91. The van der Waals surface area contributed by atoms with Crippen molar-refractivity contribution in [3.8, 4) is 0 Å². The van der Waals surface area contributed by atoms with Gasteiger partial charge >= 0.3 is 6.18 Å². The predicted molar refractivity (Wildman–Crippen MR) is 168 cm³/mol. The maximum atomic E-state index is 14.2. The molecule has 1 fully saturated rings. The number of nitrogens with zero attached hydrogens (tertiary/aromatic N) is 2. The molecule has 0 radical (unpaired) electrons. The van der Waals surface area contributed by atoms with Crippen molar-refractivity contribution in [3.05, 3.63) is 95.1 Å². The van der Waals surface area contributed by atoms with Gasteiger partial charge in [-0.3, -0.25) is 13.9 Å². The van der Waals surface area contributed by atoms with E-state index in [-0.39, 0.29) is 35.5 Å². The molecule has 3 aromatic rings. The lowest BCUT2D eigenvalue weighted by atomic mass is 9.95. The lowest BCUT2D eigenvalue weighted by Crippen LogP contribution is -2.54. The molecule has 0 saturated heterocycles. The topological polar surface area (TPSA) is 86.8 Å². The number of carbonyl (C=O) groups excluding carboxylic acids is 2. The van der Waals surface area contributed by atoms with Gasteiger partial charge in [0.05, 0.1) is 16.1 Å². The largest absolute Gasteiger partial charge is 0.416 e. The number of nitrogens with one attached hydrogen (secondary N) is 1. The van der Waals surface area contributed by atoms with Crippen LogP contribution >= 0.6 is 0 Å². The van der Waals surface area contributed by atoms with Crippen LogP contribution in [-0.4, -0.2) is 43.8 Å². The number of halogens is 3. The summed E-state index contributed by atoms with van der Waals surface area (Å²) in [6, 6.07) is 16.2. The Morgan fingerprint density at radius 2 is 1.58 bits per heavy atom. The van der Waals surface area contributed by atoms with Crippen molar-refractivity contribution in [3.63, 3.8) is 0 Å². The maximum absolute atomic E-state index is 14.2. The van der Waals surface area contributed by atoms with Crippen LogP contribution in [0.4, 0.5) is 18.9 Å². The molecule has 0 spiro atoms. The van der Waals surface area contributed by atoms with E-state index >= 15 is 0 Å². The molecule has 3 aromatic carbocycles. The first-order valence-electron chi connectivity index (χ1n) is 15.2. The Bertz CT molecular complexity index is 1590. The van der Waals surface area contributed by atoms with Crippen LogP contribution in [0.2, 0.25) is 0 Å². The van der Waals surface area contributed by atoms with Crippen molar-refractivity contribution in [1.82, 2.24) is 10.2 Å². The van der Waals surface area contributed by atoms with E-state index in [1.54, 1.807) is 26.0 Å². The summed E-state index contributed by atoms with van der Waals surface area (Å²) in [5.74, 6) is -1.05. The number of sulfonamides is 1. The zero-order valence-electron chi connectivity index (χ0n) is 25.8. The highest BCUT2D eigenvalue weighted by Crippen LogP contribution is 2.33. The van der Waals surface area contributed by atoms with Crippen LogP contribution in [0.25, 0.3) is 0 Å². The van der Waals surface area contributed by atoms with E-state index in [0.717, 1.165) is 67.0 Å². The minimum atomic E-state index is -4.74. The van der Waals surface area contributed by atoms with E-state index in [2.05, 4.69) is 5.32 Å². The van der Waals surface area contributed by atoms with Gasteiger partial charge in [-0.15, -0.1) is 0 Å². The zero-order chi connectivity index (χ0) is 32.8. The van der Waals surface area contributed by atoms with E-state index in [4.69, 9.17) is 0 Å². The molecule has 2 amide bonds. The average Bonchev–Trinajstić information content (AvgIpc) is 3.00. The van der Waals surface area contributed by atoms with Crippen molar-refractivity contribution in [2.75, 3.05) is 10.8 Å². The van der Waals surface area contributed by atoms with Crippen LogP contribution in [-0.2, 0) is 32.3 Å². The number of hydrogen-bond acceptors (Lipinski definition) is 4. The lowest BCUT2D eigenvalue weighted by molar-refractivity contribution is -0.140. The molecule has 0 aliphatic heterocycles. The fraction of sp³-hybridized carbons (Fsp3) is 0.412. The monoisotopic (exact) mass is 643 g/mol. The number of anilines is 1. The van der Waals surface area contributed by atoms with E-state index in [1.807, 2.05) is 31.2 Å². The van der Waals surface area contributed by atoms with Crippen molar-refractivity contribution in [1.29, 1.82) is 0 Å². The molecule has 1 aliphatic rings. The van der Waals surface area contributed by atoms with Crippen LogP contribution < -0.4 is 9.62 Å². The number of rotatable bonds is 11. The molecule has 1 saturated carbocycles. The SMILES string of the molecule is CC[C@@H](C(=O)NC1CCCCC1)N(Cc1cccc(C)c1)C(=O)CN(c1cccc(C(F)(F)F)c1)S(=O)(=O)c1ccc(C)cc1. The van der Waals surface area contributed by atoms with Gasteiger partial charge in [-0.25, -0.2) is 8.42 Å². The van der Waals surface area contributed by atoms with Crippen molar-refractivity contribution in [2.24, 2.45) is 0 Å². The fourth-order valence-corrected chi connectivity index (χ4v) is 7.08. The molecule has 242 valence electrons. The second-order valence-electron chi connectivity index (χ2n) is 11.7. The van der Waals surface area contributed by atoms with Gasteiger partial charge < -0.3 is 10.2 Å². The second-order valence-corrected chi connectivity index (χ2v) is 13.5. The summed E-state index contributed by atoms with van der Waals surface area (Å²) in [6.07, 6.45) is 0.291. The molecule has 11 heteroatoms. The summed E-state index contributed by atoms with van der Waals surface area (Å²) in [5, 5.41) is 3.08. The van der Waals surface area contributed by atoms with Gasteiger partial charge in [0.1, 0.15) is 12.6 Å². The van der Waals surface area contributed by atoms with Crippen LogP contribution in [0, 0.1) is 13.8 Å². The van der Waals surface area contributed by atoms with Gasteiger partial charge in [-0.1, -0.05) is 79.8 Å². The molecule has 0 heterocycles. The van der Waals surface area contributed by atoms with Gasteiger partial charge in [0, 0.05) is 12.6 Å². The van der Waals surface area contributed by atoms with E-state index in [1.165, 1.54) is 23.1 Å². The van der Waals surface area contributed by atoms with Gasteiger partial charge in [0.2, 0.25) is 11.8 Å². The fourth-order valence-electron chi connectivity index (χ4n) is 5.67. The summed E-state index contributed by atoms with van der Waals surface area (Å²) in [7, 11) is -4.50.